The second-order valence-corrected chi connectivity index (χ2v) is 13.7. The van der Waals surface area contributed by atoms with Crippen LogP contribution in [0.1, 0.15) is 61.4 Å². The lowest BCUT2D eigenvalue weighted by Crippen LogP contribution is -2.32. The molecule has 5 aromatic carbocycles. The molecule has 0 spiro atoms. The maximum absolute atomic E-state index is 2.65. The van der Waals surface area contributed by atoms with Crippen LogP contribution in [0.15, 0.2) is 121 Å². The molecule has 0 fully saturated rings. The second-order valence-electron chi connectivity index (χ2n) is 13.7. The zero-order chi connectivity index (χ0) is 28.8. The summed E-state index contributed by atoms with van der Waals surface area (Å²) in [7, 11) is 0. The number of anilines is 2. The molecule has 0 bridgehead atoms. The molecule has 0 amide bonds. The second kappa shape index (κ2) is 7.57. The van der Waals surface area contributed by atoms with Crippen LogP contribution in [0, 0.1) is 0 Å². The summed E-state index contributed by atoms with van der Waals surface area (Å²) in [5, 5.41) is 2.68. The van der Waals surface area contributed by atoms with Crippen LogP contribution >= 0.6 is 0 Å². The van der Waals surface area contributed by atoms with Gasteiger partial charge in [0.15, 0.2) is 0 Å². The molecule has 0 saturated heterocycles. The van der Waals surface area contributed by atoms with Crippen molar-refractivity contribution >= 4 is 50.1 Å². The van der Waals surface area contributed by atoms with Gasteiger partial charge >= 0.3 is 0 Å². The predicted octanol–water partition coefficient (Wildman–Crippen LogP) is 10.4. The van der Waals surface area contributed by atoms with Gasteiger partial charge < -0.3 is 9.47 Å². The van der Waals surface area contributed by atoms with E-state index >= 15 is 0 Å². The van der Waals surface area contributed by atoms with E-state index in [0.717, 1.165) is 0 Å². The minimum absolute atomic E-state index is 0.138. The van der Waals surface area contributed by atoms with Gasteiger partial charge in [-0.2, -0.15) is 0 Å². The highest BCUT2D eigenvalue weighted by Gasteiger charge is 2.54. The van der Waals surface area contributed by atoms with E-state index in [1.807, 2.05) is 0 Å². The highest BCUT2D eigenvalue weighted by molar-refractivity contribution is 6.20. The molecule has 0 N–H and O–H groups in total. The van der Waals surface area contributed by atoms with Gasteiger partial charge in [0.25, 0.3) is 0 Å². The SMILES string of the molecule is CC1(C)C2=C(c3ccccc31)N(c1ccccc1)c1ccc3c4ccccc4n4c3c1C2C1=C4C(C)(C)c2ccccc21. The highest BCUT2D eigenvalue weighted by atomic mass is 15.2. The minimum atomic E-state index is -0.141. The molecule has 43 heavy (non-hydrogen) atoms. The minimum Gasteiger partial charge on any atom is -0.311 e. The summed E-state index contributed by atoms with van der Waals surface area (Å²) in [6.45, 7) is 9.79. The number of aromatic nitrogens is 1. The number of para-hydroxylation sites is 2. The van der Waals surface area contributed by atoms with Gasteiger partial charge in [-0.25, -0.2) is 0 Å². The Labute approximate surface area is 252 Å². The van der Waals surface area contributed by atoms with Crippen LogP contribution in [0.5, 0.6) is 0 Å². The molecule has 2 nitrogen and oxygen atoms in total. The highest BCUT2D eigenvalue weighted by Crippen LogP contribution is 2.68. The van der Waals surface area contributed by atoms with Crippen molar-refractivity contribution in [3.63, 3.8) is 0 Å². The van der Waals surface area contributed by atoms with Gasteiger partial charge in [-0.3, -0.25) is 0 Å². The van der Waals surface area contributed by atoms with E-state index in [-0.39, 0.29) is 16.7 Å². The van der Waals surface area contributed by atoms with Crippen LogP contribution in [0.4, 0.5) is 11.4 Å². The monoisotopic (exact) mass is 552 g/mol. The molecule has 3 heterocycles. The number of nitrogens with zero attached hydrogens (tertiary/aromatic N) is 2. The summed E-state index contributed by atoms with van der Waals surface area (Å²) in [6, 6.07) is 43.2. The predicted molar refractivity (Wildman–Crippen MR) is 180 cm³/mol. The molecule has 206 valence electrons. The molecule has 10 rings (SSSR count). The van der Waals surface area contributed by atoms with Gasteiger partial charge in [0.2, 0.25) is 0 Å². The first-order valence-corrected chi connectivity index (χ1v) is 15.5. The molecule has 4 aliphatic rings. The van der Waals surface area contributed by atoms with Crippen LogP contribution in [0.3, 0.4) is 0 Å². The third kappa shape index (κ3) is 2.59. The third-order valence-electron chi connectivity index (χ3n) is 10.9. The average molecular weight is 553 g/mol. The van der Waals surface area contributed by atoms with Crippen LogP contribution in [-0.4, -0.2) is 4.57 Å². The number of rotatable bonds is 1. The molecule has 2 aliphatic carbocycles. The number of hydrogen-bond donors (Lipinski definition) is 0. The summed E-state index contributed by atoms with van der Waals surface area (Å²) in [4.78, 5) is 2.58. The Morgan fingerprint density at radius 1 is 0.581 bits per heavy atom. The van der Waals surface area contributed by atoms with E-state index in [9.17, 15) is 0 Å². The summed E-state index contributed by atoms with van der Waals surface area (Å²) < 4.78 is 2.65. The van der Waals surface area contributed by atoms with E-state index in [4.69, 9.17) is 0 Å². The number of benzene rings is 5. The first-order chi connectivity index (χ1) is 20.9. The molecule has 1 unspecified atom stereocenters. The largest absolute Gasteiger partial charge is 0.311 e. The molecule has 2 heteroatoms. The molecule has 1 aromatic heterocycles. The van der Waals surface area contributed by atoms with Crippen molar-refractivity contribution in [1.82, 2.24) is 4.57 Å². The summed E-state index contributed by atoms with van der Waals surface area (Å²) in [5.41, 5.74) is 17.8. The van der Waals surface area contributed by atoms with Gasteiger partial charge in [0.05, 0.1) is 22.4 Å². The fraction of sp³-hybridized carbons (Fsp3) is 0.171. The quantitative estimate of drug-likeness (QED) is 0.197. The van der Waals surface area contributed by atoms with E-state index in [1.54, 1.807) is 0 Å². The fourth-order valence-corrected chi connectivity index (χ4v) is 9.29. The smallest absolute Gasteiger partial charge is 0.0600 e. The van der Waals surface area contributed by atoms with Gasteiger partial charge in [-0.05, 0) is 52.1 Å². The van der Waals surface area contributed by atoms with Crippen molar-refractivity contribution in [2.45, 2.75) is 44.4 Å². The van der Waals surface area contributed by atoms with Crippen LogP contribution in [-0.2, 0) is 10.8 Å². The van der Waals surface area contributed by atoms with Gasteiger partial charge in [0.1, 0.15) is 0 Å². The average Bonchev–Trinajstić information content (AvgIpc) is 3.58. The van der Waals surface area contributed by atoms with Crippen LogP contribution in [0.25, 0.3) is 38.8 Å². The summed E-state index contributed by atoms with van der Waals surface area (Å²) >= 11 is 0. The molecule has 1 atom stereocenters. The first kappa shape index (κ1) is 23.7. The zero-order valence-corrected chi connectivity index (χ0v) is 24.9. The number of fused-ring (bicyclic) bond motifs is 10. The molecule has 6 aromatic rings. The van der Waals surface area contributed by atoms with Crippen molar-refractivity contribution in [3.05, 3.63) is 149 Å². The van der Waals surface area contributed by atoms with Crippen molar-refractivity contribution in [2.24, 2.45) is 0 Å². The lowest BCUT2D eigenvalue weighted by Gasteiger charge is -2.44. The third-order valence-corrected chi connectivity index (χ3v) is 10.9. The molecule has 2 aliphatic heterocycles. The van der Waals surface area contributed by atoms with Crippen molar-refractivity contribution < 1.29 is 0 Å². The van der Waals surface area contributed by atoms with Gasteiger partial charge in [-0.1, -0.05) is 119 Å². The van der Waals surface area contributed by atoms with Gasteiger partial charge in [0, 0.05) is 50.0 Å². The molecule has 0 saturated carbocycles. The van der Waals surface area contributed by atoms with Crippen LogP contribution in [0.2, 0.25) is 0 Å². The molecular formula is C41H32N2. The Morgan fingerprint density at radius 2 is 1.23 bits per heavy atom. The zero-order valence-electron chi connectivity index (χ0n) is 24.9. The fourth-order valence-electron chi connectivity index (χ4n) is 9.29. The van der Waals surface area contributed by atoms with Crippen molar-refractivity contribution in [3.8, 4) is 0 Å². The number of allylic oxidation sites excluding steroid dienone is 3. The lowest BCUT2D eigenvalue weighted by atomic mass is 9.67. The Morgan fingerprint density at radius 3 is 2.02 bits per heavy atom. The van der Waals surface area contributed by atoms with Crippen molar-refractivity contribution in [1.29, 1.82) is 0 Å². The maximum atomic E-state index is 2.65. The summed E-state index contributed by atoms with van der Waals surface area (Å²) in [5.74, 6) is 0.158. The van der Waals surface area contributed by atoms with E-state index < -0.39 is 0 Å². The molecular weight excluding hydrogens is 520 g/mol. The normalized spacial score (nSPS) is 20.0. The van der Waals surface area contributed by atoms with Gasteiger partial charge in [-0.15, -0.1) is 0 Å². The number of hydrogen-bond acceptors (Lipinski definition) is 1. The maximum Gasteiger partial charge on any atom is 0.0600 e. The van der Waals surface area contributed by atoms with Crippen molar-refractivity contribution in [2.75, 3.05) is 4.90 Å². The van der Waals surface area contributed by atoms with Crippen LogP contribution < -0.4 is 4.90 Å². The van der Waals surface area contributed by atoms with E-state index in [1.165, 1.54) is 83.5 Å². The lowest BCUT2D eigenvalue weighted by molar-refractivity contribution is 0.603. The Bertz CT molecular complexity index is 2290. The molecule has 0 radical (unpaired) electrons. The first-order valence-electron chi connectivity index (χ1n) is 15.5. The van der Waals surface area contributed by atoms with E-state index in [2.05, 4.69) is 152 Å². The Balaban J connectivity index is 1.45. The Kier molecular flexibility index (Phi) is 4.17. The summed E-state index contributed by atoms with van der Waals surface area (Å²) in [6.07, 6.45) is 0. The Hall–Kier alpha value is -4.82. The standard InChI is InChI=1S/C41H32N2/c1-40(2)30-20-12-9-18-28(30)38-36(40)35-33-27-17-8-11-19-29(27)41(3,4)39(33)43-31-21-13-10-16-25(31)26-22-23-32(34(35)37(26)43)42(38)24-14-6-5-7-15-24/h5-23,35H,1-4H3. The van der Waals surface area contributed by atoms with E-state index in [0.29, 0.717) is 0 Å². The topological polar surface area (TPSA) is 8.17 Å².